The molecule has 0 aliphatic rings. The number of aromatic amines is 1. The predicted molar refractivity (Wildman–Crippen MR) is 65.6 cm³/mol. The number of aryl methyl sites for hydroxylation is 2. The van der Waals surface area contributed by atoms with Gasteiger partial charge in [-0.15, -0.1) is 4.68 Å². The average molecular weight is 244 g/mol. The number of tetrazole rings is 1. The highest BCUT2D eigenvalue weighted by Crippen LogP contribution is 1.97. The van der Waals surface area contributed by atoms with Gasteiger partial charge in [-0.2, -0.15) is 0 Å². The van der Waals surface area contributed by atoms with Crippen LogP contribution in [0.25, 0.3) is 0 Å². The van der Waals surface area contributed by atoms with E-state index in [4.69, 9.17) is 12.2 Å². The summed E-state index contributed by atoms with van der Waals surface area (Å²) in [6.45, 7) is 8.77. The topological polar surface area (TPSA) is 40.7 Å². The van der Waals surface area contributed by atoms with Crippen molar-refractivity contribution in [3.05, 3.63) is 4.77 Å². The summed E-state index contributed by atoms with van der Waals surface area (Å²) in [6, 6.07) is 0. The second-order valence-corrected chi connectivity index (χ2v) is 4.26. The maximum Gasteiger partial charge on any atom is 0.347 e. The lowest BCUT2D eigenvalue weighted by Crippen LogP contribution is -2.34. The molecule has 0 aliphatic carbocycles. The van der Waals surface area contributed by atoms with Crippen LogP contribution in [0.2, 0.25) is 0 Å². The summed E-state index contributed by atoms with van der Waals surface area (Å²) in [5.74, 6) is 0. The number of unbranched alkanes of at least 4 members (excludes halogenated alkanes) is 1. The normalized spacial score (nSPS) is 11.2. The van der Waals surface area contributed by atoms with Gasteiger partial charge in [0, 0.05) is 0 Å². The van der Waals surface area contributed by atoms with Crippen LogP contribution in [-0.4, -0.2) is 39.5 Å². The molecule has 0 radical (unpaired) electrons. The summed E-state index contributed by atoms with van der Waals surface area (Å²) in [6.07, 6.45) is 2.33. The number of H-pyrrole nitrogens is 1. The van der Waals surface area contributed by atoms with Crippen LogP contribution in [0, 0.1) is 4.77 Å². The minimum Gasteiger partial charge on any atom is -0.304 e. The van der Waals surface area contributed by atoms with Crippen molar-refractivity contribution in [2.45, 2.75) is 33.2 Å². The van der Waals surface area contributed by atoms with E-state index in [-0.39, 0.29) is 0 Å². The molecule has 0 atom stereocenters. The zero-order valence-corrected chi connectivity index (χ0v) is 11.3. The van der Waals surface area contributed by atoms with Gasteiger partial charge < -0.3 is 4.90 Å². The molecule has 0 aromatic carbocycles. The fraction of sp³-hybridized carbons (Fsp3) is 0.900. The van der Waals surface area contributed by atoms with Crippen LogP contribution >= 0.6 is 12.2 Å². The Bertz CT molecular complexity index is 352. The summed E-state index contributed by atoms with van der Waals surface area (Å²) in [5.41, 5.74) is 0. The molecule has 1 rings (SSSR count). The molecule has 1 aromatic heterocycles. The molecule has 1 N–H and O–H groups in total. The van der Waals surface area contributed by atoms with E-state index >= 15 is 0 Å². The molecular formula is C10H22N5S+. The highest BCUT2D eigenvalue weighted by Gasteiger charge is 2.05. The maximum atomic E-state index is 5.11. The van der Waals surface area contributed by atoms with E-state index in [0.717, 1.165) is 26.1 Å². The molecule has 0 saturated heterocycles. The van der Waals surface area contributed by atoms with Gasteiger partial charge in [0.1, 0.15) is 13.6 Å². The highest BCUT2D eigenvalue weighted by atomic mass is 32.1. The van der Waals surface area contributed by atoms with E-state index in [9.17, 15) is 0 Å². The SMILES string of the molecule is CCN(CC)CCCCn1[nH][n+](C)nc1=S. The summed E-state index contributed by atoms with van der Waals surface area (Å²) < 4.78 is 2.54. The molecule has 0 fully saturated rings. The Kier molecular flexibility index (Phi) is 5.62. The third-order valence-corrected chi connectivity index (χ3v) is 3.03. The van der Waals surface area contributed by atoms with Gasteiger partial charge in [0.15, 0.2) is 0 Å². The summed E-state index contributed by atoms with van der Waals surface area (Å²) in [5, 5.41) is 7.15. The van der Waals surface area contributed by atoms with Crippen molar-refractivity contribution < 1.29 is 4.80 Å². The van der Waals surface area contributed by atoms with Gasteiger partial charge in [0.2, 0.25) is 0 Å². The minimum absolute atomic E-state index is 0.630. The van der Waals surface area contributed by atoms with Crippen molar-refractivity contribution in [1.82, 2.24) is 19.9 Å². The molecule has 6 heteroatoms. The molecule has 0 amide bonds. The molecule has 5 nitrogen and oxygen atoms in total. The fourth-order valence-electron chi connectivity index (χ4n) is 1.71. The van der Waals surface area contributed by atoms with Crippen molar-refractivity contribution in [2.75, 3.05) is 19.6 Å². The van der Waals surface area contributed by atoms with Crippen LogP contribution in [0.1, 0.15) is 26.7 Å². The lowest BCUT2D eigenvalue weighted by molar-refractivity contribution is -0.785. The van der Waals surface area contributed by atoms with Gasteiger partial charge in [0.05, 0.1) is 0 Å². The monoisotopic (exact) mass is 244 g/mol. The minimum atomic E-state index is 0.630. The number of aromatic nitrogens is 4. The highest BCUT2D eigenvalue weighted by molar-refractivity contribution is 7.71. The molecular weight excluding hydrogens is 222 g/mol. The number of rotatable bonds is 7. The number of nitrogens with zero attached hydrogens (tertiary/aromatic N) is 4. The van der Waals surface area contributed by atoms with E-state index in [1.807, 2.05) is 11.7 Å². The average Bonchev–Trinajstić information content (AvgIpc) is 2.58. The van der Waals surface area contributed by atoms with Gasteiger partial charge >= 0.3 is 4.77 Å². The number of hydrogen-bond acceptors (Lipinski definition) is 3. The Hall–Kier alpha value is -0.750. The van der Waals surface area contributed by atoms with E-state index in [2.05, 4.69) is 29.1 Å². The molecule has 1 heterocycles. The van der Waals surface area contributed by atoms with Gasteiger partial charge in [-0.3, -0.25) is 0 Å². The Balaban J connectivity index is 2.26. The Morgan fingerprint density at radius 3 is 2.56 bits per heavy atom. The maximum absolute atomic E-state index is 5.11. The van der Waals surface area contributed by atoms with Gasteiger partial charge in [-0.05, 0) is 49.8 Å². The third-order valence-electron chi connectivity index (χ3n) is 2.73. The standard InChI is InChI=1S/C10H21N5S/c1-4-14(5-2)8-6-7-9-15-10(16)11-13(3)12-15/h4-9H2,1-3H3/p+1. The quantitative estimate of drug-likeness (QED) is 0.440. The van der Waals surface area contributed by atoms with Crippen molar-refractivity contribution in [2.24, 2.45) is 7.05 Å². The molecule has 0 aliphatic heterocycles. The first-order chi connectivity index (χ1) is 7.67. The molecule has 0 bridgehead atoms. The van der Waals surface area contributed by atoms with E-state index in [1.54, 1.807) is 4.80 Å². The zero-order chi connectivity index (χ0) is 12.0. The fourth-order valence-corrected chi connectivity index (χ4v) is 1.97. The summed E-state index contributed by atoms with van der Waals surface area (Å²) in [7, 11) is 1.85. The van der Waals surface area contributed by atoms with Crippen LogP contribution < -0.4 is 4.80 Å². The van der Waals surface area contributed by atoms with Crippen molar-refractivity contribution in [1.29, 1.82) is 0 Å². The van der Waals surface area contributed by atoms with Crippen molar-refractivity contribution in [3.63, 3.8) is 0 Å². The van der Waals surface area contributed by atoms with Crippen molar-refractivity contribution in [3.8, 4) is 0 Å². The summed E-state index contributed by atoms with van der Waals surface area (Å²) in [4.78, 5) is 4.08. The summed E-state index contributed by atoms with van der Waals surface area (Å²) >= 11 is 5.11. The van der Waals surface area contributed by atoms with E-state index < -0.39 is 0 Å². The van der Waals surface area contributed by atoms with Crippen LogP contribution in [0.5, 0.6) is 0 Å². The molecule has 16 heavy (non-hydrogen) atoms. The molecule has 92 valence electrons. The zero-order valence-electron chi connectivity index (χ0n) is 10.4. The van der Waals surface area contributed by atoms with Crippen molar-refractivity contribution >= 4 is 12.2 Å². The van der Waals surface area contributed by atoms with Gasteiger partial charge in [-0.1, -0.05) is 23.9 Å². The third kappa shape index (κ3) is 4.02. The second-order valence-electron chi connectivity index (χ2n) is 3.89. The molecule has 1 aromatic rings. The van der Waals surface area contributed by atoms with Gasteiger partial charge in [0.25, 0.3) is 0 Å². The lowest BCUT2D eigenvalue weighted by atomic mass is 10.3. The molecule has 0 saturated carbocycles. The smallest absolute Gasteiger partial charge is 0.304 e. The Labute approximate surface area is 102 Å². The Morgan fingerprint density at radius 1 is 1.38 bits per heavy atom. The first-order valence-electron chi connectivity index (χ1n) is 5.92. The predicted octanol–water partition coefficient (Wildman–Crippen LogP) is 0.887. The van der Waals surface area contributed by atoms with E-state index in [1.165, 1.54) is 13.0 Å². The number of nitrogens with one attached hydrogen (secondary N) is 1. The number of hydrogen-bond donors (Lipinski definition) is 1. The van der Waals surface area contributed by atoms with E-state index in [0.29, 0.717) is 4.77 Å². The van der Waals surface area contributed by atoms with Crippen LogP contribution in [-0.2, 0) is 13.6 Å². The first kappa shape index (κ1) is 13.3. The van der Waals surface area contributed by atoms with Crippen LogP contribution in [0.3, 0.4) is 0 Å². The van der Waals surface area contributed by atoms with Crippen LogP contribution in [0.15, 0.2) is 0 Å². The largest absolute Gasteiger partial charge is 0.347 e. The Morgan fingerprint density at radius 2 is 2.06 bits per heavy atom. The first-order valence-corrected chi connectivity index (χ1v) is 6.33. The van der Waals surface area contributed by atoms with Crippen LogP contribution in [0.4, 0.5) is 0 Å². The molecule has 0 unspecified atom stereocenters. The van der Waals surface area contributed by atoms with Gasteiger partial charge in [-0.25, -0.2) is 0 Å². The lowest BCUT2D eigenvalue weighted by Gasteiger charge is -2.16. The molecule has 0 spiro atoms. The second kappa shape index (κ2) is 6.75.